The maximum atomic E-state index is 6.30. The van der Waals surface area contributed by atoms with Crippen molar-refractivity contribution >= 4 is 33.3 Å². The second-order valence-corrected chi connectivity index (χ2v) is 11.8. The summed E-state index contributed by atoms with van der Waals surface area (Å²) >= 11 is 0. The number of piperidine rings is 1. The standard InChI is InChI=1S/C33H35N7/c1-21(38-12-3-5-27(34)20-38)25-15-28-32-29(16-25)37-33(39(32)13-11-36-28)31-17-26-14-23(24-4-2-10-35-18-24)8-9-30(26)40(31)19-22-6-7-22/h2,4,8-10,14-18,22,27,36H,1,3,5-7,11-13,19-20,34H2/t27-/m1/s1. The molecule has 3 aromatic heterocycles. The third kappa shape index (κ3) is 3.99. The van der Waals surface area contributed by atoms with Crippen LogP contribution in [0.3, 0.4) is 0 Å². The number of benzene rings is 2. The number of hydrogen-bond acceptors (Lipinski definition) is 5. The van der Waals surface area contributed by atoms with E-state index in [1.807, 2.05) is 18.5 Å². The average Bonchev–Trinajstić information content (AvgIpc) is 3.64. The molecule has 1 aliphatic carbocycles. The van der Waals surface area contributed by atoms with Gasteiger partial charge in [0.25, 0.3) is 0 Å². The van der Waals surface area contributed by atoms with Crippen LogP contribution in [0.1, 0.15) is 31.2 Å². The number of anilines is 1. The van der Waals surface area contributed by atoms with Crippen molar-refractivity contribution in [3.05, 3.63) is 73.1 Å². The van der Waals surface area contributed by atoms with Crippen LogP contribution in [0.5, 0.6) is 0 Å². The number of rotatable bonds is 6. The average molecular weight is 530 g/mol. The Morgan fingerprint density at radius 3 is 2.80 bits per heavy atom. The molecule has 0 bridgehead atoms. The molecule has 3 N–H and O–H groups in total. The Morgan fingerprint density at radius 1 is 1.05 bits per heavy atom. The lowest BCUT2D eigenvalue weighted by molar-refractivity contribution is 0.296. The van der Waals surface area contributed by atoms with Gasteiger partial charge in [-0.05, 0) is 73.6 Å². The van der Waals surface area contributed by atoms with Crippen LogP contribution < -0.4 is 11.1 Å². The highest BCUT2D eigenvalue weighted by atomic mass is 15.2. The van der Waals surface area contributed by atoms with E-state index in [1.54, 1.807) is 0 Å². The molecule has 0 radical (unpaired) electrons. The summed E-state index contributed by atoms with van der Waals surface area (Å²) in [6.45, 7) is 9.17. The molecule has 3 aliphatic rings. The van der Waals surface area contributed by atoms with Gasteiger partial charge in [-0.1, -0.05) is 18.7 Å². The number of pyridine rings is 1. The van der Waals surface area contributed by atoms with E-state index in [9.17, 15) is 0 Å². The number of nitrogens with two attached hydrogens (primary N) is 1. The van der Waals surface area contributed by atoms with E-state index < -0.39 is 0 Å². The van der Waals surface area contributed by atoms with Gasteiger partial charge in [-0.25, -0.2) is 4.98 Å². The zero-order valence-corrected chi connectivity index (χ0v) is 22.8. The van der Waals surface area contributed by atoms with Gasteiger partial charge < -0.3 is 25.1 Å². The quantitative estimate of drug-likeness (QED) is 0.284. The van der Waals surface area contributed by atoms with Gasteiger partial charge in [-0.2, -0.15) is 0 Å². The molecule has 0 amide bonds. The summed E-state index contributed by atoms with van der Waals surface area (Å²) < 4.78 is 4.94. The van der Waals surface area contributed by atoms with Crippen molar-refractivity contribution in [2.75, 3.05) is 25.0 Å². The summed E-state index contributed by atoms with van der Waals surface area (Å²) in [5.41, 5.74) is 16.6. The highest BCUT2D eigenvalue weighted by Gasteiger charge is 2.28. The maximum Gasteiger partial charge on any atom is 0.157 e. The molecule has 2 aromatic carbocycles. The van der Waals surface area contributed by atoms with E-state index in [4.69, 9.17) is 10.7 Å². The van der Waals surface area contributed by atoms with Crippen LogP contribution in [0, 0.1) is 5.92 Å². The fraction of sp³-hybridized carbons (Fsp3) is 0.333. The Bertz CT molecular complexity index is 1760. The molecule has 7 nitrogen and oxygen atoms in total. The molecule has 0 unspecified atom stereocenters. The zero-order valence-electron chi connectivity index (χ0n) is 22.8. The molecule has 5 heterocycles. The minimum absolute atomic E-state index is 0.212. The van der Waals surface area contributed by atoms with Crippen LogP contribution >= 0.6 is 0 Å². The normalized spacial score (nSPS) is 18.8. The molecule has 7 heteroatoms. The number of hydrogen-bond donors (Lipinski definition) is 2. The number of nitrogens with zero attached hydrogens (tertiary/aromatic N) is 5. The second-order valence-electron chi connectivity index (χ2n) is 11.8. The van der Waals surface area contributed by atoms with E-state index in [-0.39, 0.29) is 6.04 Å². The van der Waals surface area contributed by atoms with Crippen LogP contribution in [0.25, 0.3) is 50.3 Å². The molecule has 8 rings (SSSR count). The number of imidazole rings is 1. The first kappa shape index (κ1) is 23.8. The molecular formula is C33H35N7. The molecule has 202 valence electrons. The first-order valence-corrected chi connectivity index (χ1v) is 14.6. The first-order chi connectivity index (χ1) is 19.6. The highest BCUT2D eigenvalue weighted by molar-refractivity contribution is 5.96. The topological polar surface area (TPSA) is 76.9 Å². The van der Waals surface area contributed by atoms with E-state index in [0.29, 0.717) is 0 Å². The predicted octanol–water partition coefficient (Wildman–Crippen LogP) is 5.95. The van der Waals surface area contributed by atoms with E-state index in [1.165, 1.54) is 40.5 Å². The largest absolute Gasteiger partial charge is 0.381 e. The van der Waals surface area contributed by atoms with Gasteiger partial charge in [0, 0.05) is 78.9 Å². The monoisotopic (exact) mass is 529 g/mol. The van der Waals surface area contributed by atoms with Crippen molar-refractivity contribution in [3.8, 4) is 22.6 Å². The molecule has 5 aromatic rings. The summed E-state index contributed by atoms with van der Waals surface area (Å²) in [6.07, 6.45) is 8.58. The Hall–Kier alpha value is -4.10. The molecule has 0 spiro atoms. The Morgan fingerprint density at radius 2 is 1.98 bits per heavy atom. The van der Waals surface area contributed by atoms with E-state index in [2.05, 4.69) is 73.4 Å². The number of nitrogens with one attached hydrogen (secondary N) is 1. The predicted molar refractivity (Wildman–Crippen MR) is 163 cm³/mol. The van der Waals surface area contributed by atoms with Crippen LogP contribution in [-0.2, 0) is 13.1 Å². The molecule has 2 aliphatic heterocycles. The van der Waals surface area contributed by atoms with Crippen LogP contribution in [0.2, 0.25) is 0 Å². The van der Waals surface area contributed by atoms with Gasteiger partial charge in [0.2, 0.25) is 0 Å². The van der Waals surface area contributed by atoms with Gasteiger partial charge >= 0.3 is 0 Å². The lowest BCUT2D eigenvalue weighted by atomic mass is 10.0. The number of aromatic nitrogens is 4. The fourth-order valence-corrected chi connectivity index (χ4v) is 6.65. The minimum atomic E-state index is 0.212. The summed E-state index contributed by atoms with van der Waals surface area (Å²) in [6, 6.07) is 18.0. The van der Waals surface area contributed by atoms with E-state index >= 15 is 0 Å². The Kier molecular flexibility index (Phi) is 5.49. The number of fused-ring (bicyclic) bond motifs is 1. The first-order valence-electron chi connectivity index (χ1n) is 14.6. The summed E-state index contributed by atoms with van der Waals surface area (Å²) in [5.74, 6) is 1.81. The zero-order chi connectivity index (χ0) is 26.8. The van der Waals surface area contributed by atoms with Crippen LogP contribution in [-0.4, -0.2) is 49.7 Å². The maximum absolute atomic E-state index is 6.30. The molecule has 2 fully saturated rings. The van der Waals surface area contributed by atoms with E-state index in [0.717, 1.165) is 85.3 Å². The third-order valence-electron chi connectivity index (χ3n) is 8.93. The smallest absolute Gasteiger partial charge is 0.157 e. The van der Waals surface area contributed by atoms with Crippen molar-refractivity contribution in [1.82, 2.24) is 24.0 Å². The summed E-state index contributed by atoms with van der Waals surface area (Å²) in [5, 5.41) is 4.90. The van der Waals surface area contributed by atoms with Gasteiger partial charge in [0.15, 0.2) is 5.82 Å². The lowest BCUT2D eigenvalue weighted by Gasteiger charge is -2.34. The van der Waals surface area contributed by atoms with Gasteiger partial charge in [-0.15, -0.1) is 0 Å². The molecule has 1 saturated heterocycles. The highest BCUT2D eigenvalue weighted by Crippen LogP contribution is 2.40. The number of likely N-dealkylation sites (tertiary alicyclic amines) is 1. The van der Waals surface area contributed by atoms with Crippen molar-refractivity contribution < 1.29 is 0 Å². The molecule has 1 atom stereocenters. The summed E-state index contributed by atoms with van der Waals surface area (Å²) in [7, 11) is 0. The van der Waals surface area contributed by atoms with Crippen molar-refractivity contribution in [3.63, 3.8) is 0 Å². The van der Waals surface area contributed by atoms with Gasteiger partial charge in [0.05, 0.1) is 22.4 Å². The van der Waals surface area contributed by atoms with Crippen molar-refractivity contribution in [2.45, 2.75) is 44.8 Å². The molecule has 1 saturated carbocycles. The van der Waals surface area contributed by atoms with Crippen LogP contribution in [0.4, 0.5) is 5.69 Å². The van der Waals surface area contributed by atoms with Gasteiger partial charge in [-0.3, -0.25) is 4.98 Å². The van der Waals surface area contributed by atoms with Crippen molar-refractivity contribution in [2.24, 2.45) is 11.7 Å². The SMILES string of the molecule is C=C(c1cc2c3c(c1)nc(-c1cc4cc(-c5cccnc5)ccc4n1CC1CC1)n3CCN2)N1CCC[C@@H](N)C1. The fourth-order valence-electron chi connectivity index (χ4n) is 6.65. The van der Waals surface area contributed by atoms with Crippen LogP contribution in [0.15, 0.2) is 67.5 Å². The van der Waals surface area contributed by atoms with Crippen molar-refractivity contribution in [1.29, 1.82) is 0 Å². The third-order valence-corrected chi connectivity index (χ3v) is 8.93. The summed E-state index contributed by atoms with van der Waals surface area (Å²) in [4.78, 5) is 12.0. The van der Waals surface area contributed by atoms with Gasteiger partial charge in [0.1, 0.15) is 0 Å². The Balaban J connectivity index is 1.26. The molecule has 40 heavy (non-hydrogen) atoms. The second kappa shape index (κ2) is 9.24. The lowest BCUT2D eigenvalue weighted by Crippen LogP contribution is -2.41. The Labute approximate surface area is 234 Å². The molecular weight excluding hydrogens is 494 g/mol. The minimum Gasteiger partial charge on any atom is -0.381 e.